The van der Waals surface area contributed by atoms with Crippen molar-refractivity contribution in [1.82, 2.24) is 0 Å². The van der Waals surface area contributed by atoms with E-state index in [1.54, 1.807) is 0 Å². The van der Waals surface area contributed by atoms with Crippen LogP contribution in [0.25, 0.3) is 0 Å². The second kappa shape index (κ2) is 6.84. The van der Waals surface area contributed by atoms with Crippen LogP contribution in [0.15, 0.2) is 36.4 Å². The molecule has 0 spiro atoms. The van der Waals surface area contributed by atoms with Crippen molar-refractivity contribution >= 4 is 19.4 Å². The zero-order valence-electron chi connectivity index (χ0n) is 14.8. The van der Waals surface area contributed by atoms with E-state index in [2.05, 4.69) is 19.1 Å². The summed E-state index contributed by atoms with van der Waals surface area (Å²) in [6, 6.07) is 12.0. The van der Waals surface area contributed by atoms with Gasteiger partial charge in [0.2, 0.25) is 0 Å². The molecular formula is C20H25O2P. The van der Waals surface area contributed by atoms with E-state index in [1.165, 1.54) is 5.56 Å². The summed E-state index contributed by atoms with van der Waals surface area (Å²) in [6.45, 7) is 12.2. The third kappa shape index (κ3) is 4.91. The highest BCUT2D eigenvalue weighted by atomic mass is 31.1. The quantitative estimate of drug-likeness (QED) is 0.744. The van der Waals surface area contributed by atoms with Crippen molar-refractivity contribution in [3.8, 4) is 5.75 Å². The van der Waals surface area contributed by atoms with Crippen molar-refractivity contribution in [2.24, 2.45) is 0 Å². The number of carbonyl (C=O) groups is 1. The lowest BCUT2D eigenvalue weighted by molar-refractivity contribution is 0.108. The minimum absolute atomic E-state index is 0.135. The molecule has 0 amide bonds. The molecule has 0 aliphatic carbocycles. The molecule has 1 unspecified atom stereocenters. The average molecular weight is 328 g/mol. The van der Waals surface area contributed by atoms with Gasteiger partial charge in [-0.3, -0.25) is 4.79 Å². The van der Waals surface area contributed by atoms with E-state index in [9.17, 15) is 4.79 Å². The van der Waals surface area contributed by atoms with Crippen LogP contribution in [0.2, 0.25) is 0 Å². The van der Waals surface area contributed by atoms with E-state index < -0.39 is 0 Å². The Labute approximate surface area is 141 Å². The fraction of sp³-hybridized carbons (Fsp3) is 0.350. The average Bonchev–Trinajstić information content (AvgIpc) is 2.38. The third-order valence-corrected chi connectivity index (χ3v) is 4.54. The number of hydrogen-bond donors (Lipinski definition) is 0. The van der Waals surface area contributed by atoms with Gasteiger partial charge < -0.3 is 4.74 Å². The molecule has 0 aliphatic heterocycles. The lowest BCUT2D eigenvalue weighted by Gasteiger charge is -2.21. The predicted octanol–water partition coefficient (Wildman–Crippen LogP) is 4.93. The number of ether oxygens (including phenoxy) is 1. The second-order valence-corrected chi connectivity index (χ2v) is 8.25. The van der Waals surface area contributed by atoms with Gasteiger partial charge in [0.1, 0.15) is 11.4 Å². The molecule has 0 bridgehead atoms. The fourth-order valence-electron chi connectivity index (χ4n) is 2.69. The molecular weight excluding hydrogens is 303 g/mol. The molecule has 122 valence electrons. The van der Waals surface area contributed by atoms with Gasteiger partial charge in [0.05, 0.1) is 0 Å². The van der Waals surface area contributed by atoms with Gasteiger partial charge in [-0.15, -0.1) is 0 Å². The lowest BCUT2D eigenvalue weighted by Crippen LogP contribution is -2.23. The van der Waals surface area contributed by atoms with E-state index in [4.69, 9.17) is 4.74 Å². The number of benzene rings is 2. The molecule has 0 aliphatic rings. The standard InChI is InChI=1S/C20H25O2P/c1-13-11-14(2)18(15(3)12-13)19(21)23-17-9-7-16(8-10-17)22-20(4,5)6/h7-12,23H,1-6H3. The molecule has 1 atom stereocenters. The number of rotatable bonds is 4. The Hall–Kier alpha value is -1.66. The molecule has 0 fully saturated rings. The monoisotopic (exact) mass is 328 g/mol. The van der Waals surface area contributed by atoms with Crippen molar-refractivity contribution < 1.29 is 9.53 Å². The van der Waals surface area contributed by atoms with Crippen LogP contribution < -0.4 is 10.0 Å². The minimum atomic E-state index is -0.213. The molecule has 0 N–H and O–H groups in total. The second-order valence-electron chi connectivity index (χ2n) is 6.97. The fourth-order valence-corrected chi connectivity index (χ4v) is 3.81. The lowest BCUT2D eigenvalue weighted by atomic mass is 10.0. The topological polar surface area (TPSA) is 26.3 Å². The van der Waals surface area contributed by atoms with E-state index in [1.807, 2.05) is 58.9 Å². The number of hydrogen-bond acceptors (Lipinski definition) is 2. The van der Waals surface area contributed by atoms with Gasteiger partial charge in [0.25, 0.3) is 0 Å². The first-order chi connectivity index (χ1) is 10.7. The Bertz CT molecular complexity index is 686. The van der Waals surface area contributed by atoms with Crippen molar-refractivity contribution in [3.63, 3.8) is 0 Å². The van der Waals surface area contributed by atoms with Gasteiger partial charge in [0, 0.05) is 5.56 Å². The summed E-state index contributed by atoms with van der Waals surface area (Å²) in [4.78, 5) is 12.7. The Morgan fingerprint density at radius 2 is 1.48 bits per heavy atom. The maximum Gasteiger partial charge on any atom is 0.186 e. The molecule has 2 rings (SSSR count). The van der Waals surface area contributed by atoms with Gasteiger partial charge in [-0.1, -0.05) is 29.8 Å². The Morgan fingerprint density at radius 3 is 1.96 bits per heavy atom. The zero-order chi connectivity index (χ0) is 17.2. The molecule has 0 saturated carbocycles. The normalized spacial score (nSPS) is 11.9. The van der Waals surface area contributed by atoms with E-state index >= 15 is 0 Å². The largest absolute Gasteiger partial charge is 0.488 e. The minimum Gasteiger partial charge on any atom is -0.488 e. The van der Waals surface area contributed by atoms with Gasteiger partial charge in [-0.2, -0.15) is 0 Å². The Kier molecular flexibility index (Phi) is 5.26. The zero-order valence-corrected chi connectivity index (χ0v) is 15.8. The predicted molar refractivity (Wildman–Crippen MR) is 99.8 cm³/mol. The van der Waals surface area contributed by atoms with Crippen LogP contribution in [0.1, 0.15) is 47.8 Å². The number of carbonyl (C=O) groups excluding carboxylic acids is 1. The van der Waals surface area contributed by atoms with Crippen LogP contribution >= 0.6 is 8.58 Å². The Balaban J connectivity index is 2.15. The van der Waals surface area contributed by atoms with E-state index in [0.29, 0.717) is 0 Å². The summed E-state index contributed by atoms with van der Waals surface area (Å²) in [7, 11) is 0.135. The highest BCUT2D eigenvalue weighted by Crippen LogP contribution is 2.26. The van der Waals surface area contributed by atoms with Gasteiger partial charge >= 0.3 is 0 Å². The van der Waals surface area contributed by atoms with Crippen molar-refractivity contribution in [2.75, 3.05) is 0 Å². The molecule has 3 heteroatoms. The first kappa shape index (κ1) is 17.7. The summed E-state index contributed by atoms with van der Waals surface area (Å²) >= 11 is 0. The maximum absolute atomic E-state index is 12.7. The highest BCUT2D eigenvalue weighted by Gasteiger charge is 2.15. The van der Waals surface area contributed by atoms with Crippen LogP contribution in [0, 0.1) is 20.8 Å². The highest BCUT2D eigenvalue weighted by molar-refractivity contribution is 7.66. The third-order valence-electron chi connectivity index (χ3n) is 3.44. The smallest absolute Gasteiger partial charge is 0.186 e. The SMILES string of the molecule is Cc1cc(C)c(C(=O)Pc2ccc(OC(C)(C)C)cc2)c(C)c1. The molecule has 2 aromatic carbocycles. The molecule has 2 nitrogen and oxygen atoms in total. The summed E-state index contributed by atoms with van der Waals surface area (Å²) < 4.78 is 5.82. The van der Waals surface area contributed by atoms with E-state index in [-0.39, 0.29) is 19.7 Å². The van der Waals surface area contributed by atoms with Crippen LogP contribution in [-0.4, -0.2) is 11.1 Å². The molecule has 2 aromatic rings. The Morgan fingerprint density at radius 1 is 0.957 bits per heavy atom. The molecule has 0 heterocycles. The maximum atomic E-state index is 12.7. The molecule has 23 heavy (non-hydrogen) atoms. The van der Waals surface area contributed by atoms with Crippen LogP contribution in [0.3, 0.4) is 0 Å². The van der Waals surface area contributed by atoms with Crippen LogP contribution in [-0.2, 0) is 0 Å². The van der Waals surface area contributed by atoms with Crippen molar-refractivity contribution in [3.05, 3.63) is 58.7 Å². The summed E-state index contributed by atoms with van der Waals surface area (Å²) in [5.41, 5.74) is 4.17. The summed E-state index contributed by atoms with van der Waals surface area (Å²) in [5, 5.41) is 1.04. The van der Waals surface area contributed by atoms with Crippen LogP contribution in [0.5, 0.6) is 5.75 Å². The van der Waals surface area contributed by atoms with Crippen molar-refractivity contribution in [1.29, 1.82) is 0 Å². The molecule has 0 radical (unpaired) electrons. The first-order valence-corrected chi connectivity index (χ1v) is 8.84. The first-order valence-electron chi connectivity index (χ1n) is 7.84. The van der Waals surface area contributed by atoms with E-state index in [0.717, 1.165) is 27.7 Å². The molecule has 0 saturated heterocycles. The van der Waals surface area contributed by atoms with Gasteiger partial charge in [-0.25, -0.2) is 0 Å². The van der Waals surface area contributed by atoms with Crippen LogP contribution in [0.4, 0.5) is 0 Å². The van der Waals surface area contributed by atoms with Gasteiger partial charge in [-0.05, 0) is 78.7 Å². The number of aryl methyl sites for hydroxylation is 3. The van der Waals surface area contributed by atoms with Crippen molar-refractivity contribution in [2.45, 2.75) is 47.1 Å². The summed E-state index contributed by atoms with van der Waals surface area (Å²) in [5.74, 6) is 0.834. The van der Waals surface area contributed by atoms with Gasteiger partial charge in [0.15, 0.2) is 5.52 Å². The summed E-state index contributed by atoms with van der Waals surface area (Å²) in [6.07, 6.45) is 0. The molecule has 0 aromatic heterocycles.